The zero-order valence-electron chi connectivity index (χ0n) is 8.88. The summed E-state index contributed by atoms with van der Waals surface area (Å²) in [5.74, 6) is -1.43. The molecule has 0 atom stereocenters. The van der Waals surface area contributed by atoms with Crippen molar-refractivity contribution in [2.75, 3.05) is 5.32 Å². The monoisotopic (exact) mass is 326 g/mol. The zero-order chi connectivity index (χ0) is 13.1. The summed E-state index contributed by atoms with van der Waals surface area (Å²) < 4.78 is 0.855. The fourth-order valence-corrected chi connectivity index (χ4v) is 2.39. The number of carboxylic acid groups (broad SMARTS) is 1. The number of anilines is 1. The van der Waals surface area contributed by atoms with Gasteiger partial charge in [0.2, 0.25) is 0 Å². The summed E-state index contributed by atoms with van der Waals surface area (Å²) in [5.41, 5.74) is 0.801. The lowest BCUT2D eigenvalue weighted by molar-refractivity contribution is 0.0690. The number of carbonyl (C=O) groups excluding carboxylic acids is 1. The first-order valence-electron chi connectivity index (χ1n) is 4.81. The second kappa shape index (κ2) is 5.28. The number of nitrogens with one attached hydrogen (secondary N) is 1. The lowest BCUT2D eigenvalue weighted by Gasteiger charge is -2.03. The van der Waals surface area contributed by atoms with Gasteiger partial charge < -0.3 is 10.4 Å². The fourth-order valence-electron chi connectivity index (χ4n) is 1.26. The number of hydrogen-bond acceptors (Lipinski definition) is 4. The van der Waals surface area contributed by atoms with E-state index in [0.717, 1.165) is 3.79 Å². The molecule has 2 aromatic rings. The Bertz CT molecular complexity index is 612. The molecule has 92 valence electrons. The zero-order valence-corrected chi connectivity index (χ0v) is 11.3. The lowest BCUT2D eigenvalue weighted by atomic mass is 10.3. The highest BCUT2D eigenvalue weighted by Gasteiger charge is 2.10. The van der Waals surface area contributed by atoms with Crippen molar-refractivity contribution in [1.82, 2.24) is 4.98 Å². The van der Waals surface area contributed by atoms with Gasteiger partial charge >= 0.3 is 5.97 Å². The number of thiophene rings is 1. The summed E-state index contributed by atoms with van der Waals surface area (Å²) in [6.45, 7) is 0. The third-order valence-electron chi connectivity index (χ3n) is 2.07. The fraction of sp³-hybridized carbons (Fsp3) is 0. The quantitative estimate of drug-likeness (QED) is 0.908. The maximum Gasteiger partial charge on any atom is 0.354 e. The van der Waals surface area contributed by atoms with E-state index in [1.807, 2.05) is 0 Å². The van der Waals surface area contributed by atoms with Gasteiger partial charge in [-0.3, -0.25) is 4.79 Å². The van der Waals surface area contributed by atoms with E-state index in [0.29, 0.717) is 11.3 Å². The maximum absolute atomic E-state index is 11.8. The van der Waals surface area contributed by atoms with Gasteiger partial charge in [-0.05, 0) is 34.1 Å². The van der Waals surface area contributed by atoms with E-state index < -0.39 is 5.97 Å². The number of nitrogens with zero attached hydrogens (tertiary/aromatic N) is 1. The molecule has 18 heavy (non-hydrogen) atoms. The Balaban J connectivity index is 2.16. The number of halogens is 1. The van der Waals surface area contributed by atoms with Crippen LogP contribution < -0.4 is 5.32 Å². The first-order chi connectivity index (χ1) is 8.56. The molecule has 0 aliphatic heterocycles. The number of pyridine rings is 1. The van der Waals surface area contributed by atoms with Crippen LogP contribution in [0.1, 0.15) is 20.8 Å². The summed E-state index contributed by atoms with van der Waals surface area (Å²) in [7, 11) is 0. The van der Waals surface area contributed by atoms with Crippen molar-refractivity contribution in [3.63, 3.8) is 0 Å². The van der Waals surface area contributed by atoms with Gasteiger partial charge in [-0.2, -0.15) is 0 Å². The van der Waals surface area contributed by atoms with E-state index in [2.05, 4.69) is 26.2 Å². The number of amides is 1. The summed E-state index contributed by atoms with van der Waals surface area (Å²) >= 11 is 4.67. The number of hydrogen-bond donors (Lipinski definition) is 2. The summed E-state index contributed by atoms with van der Waals surface area (Å²) in [6, 6.07) is 4.53. The third-order valence-corrected chi connectivity index (χ3v) is 3.57. The Morgan fingerprint density at radius 2 is 2.17 bits per heavy atom. The van der Waals surface area contributed by atoms with E-state index in [1.54, 1.807) is 11.4 Å². The van der Waals surface area contributed by atoms with E-state index in [-0.39, 0.29) is 11.6 Å². The van der Waals surface area contributed by atoms with Crippen LogP contribution in [0.3, 0.4) is 0 Å². The molecule has 2 heterocycles. The molecule has 2 rings (SSSR count). The molecule has 1 amide bonds. The van der Waals surface area contributed by atoms with Gasteiger partial charge in [0.05, 0.1) is 9.35 Å². The molecular weight excluding hydrogens is 320 g/mol. The summed E-state index contributed by atoms with van der Waals surface area (Å²) in [5, 5.41) is 13.1. The number of carbonyl (C=O) groups is 2. The topological polar surface area (TPSA) is 79.3 Å². The average molecular weight is 327 g/mol. The van der Waals surface area contributed by atoms with Gasteiger partial charge in [0, 0.05) is 17.3 Å². The molecule has 5 nitrogen and oxygen atoms in total. The number of carboxylic acids is 1. The van der Waals surface area contributed by atoms with Crippen molar-refractivity contribution in [2.24, 2.45) is 0 Å². The molecule has 0 unspecified atom stereocenters. The molecule has 2 aromatic heterocycles. The van der Waals surface area contributed by atoms with Crippen LogP contribution >= 0.6 is 27.3 Å². The van der Waals surface area contributed by atoms with E-state index >= 15 is 0 Å². The van der Waals surface area contributed by atoms with E-state index in [1.165, 1.54) is 29.7 Å². The number of rotatable bonds is 3. The highest BCUT2D eigenvalue weighted by Crippen LogP contribution is 2.21. The molecule has 0 fully saturated rings. The van der Waals surface area contributed by atoms with Crippen molar-refractivity contribution in [3.05, 3.63) is 44.8 Å². The number of aromatic carboxylic acids is 1. The van der Waals surface area contributed by atoms with E-state index in [9.17, 15) is 9.59 Å². The van der Waals surface area contributed by atoms with Gasteiger partial charge in [0.1, 0.15) is 5.69 Å². The molecule has 0 spiro atoms. The molecule has 0 bridgehead atoms. The second-order valence-corrected chi connectivity index (χ2v) is 5.62. The average Bonchev–Trinajstić information content (AvgIpc) is 2.76. The minimum absolute atomic E-state index is 0.112. The Hall–Kier alpha value is -1.73. The van der Waals surface area contributed by atoms with Crippen molar-refractivity contribution in [1.29, 1.82) is 0 Å². The normalized spacial score (nSPS) is 10.1. The molecule has 0 aromatic carbocycles. The predicted octanol–water partition coefficient (Wildman–Crippen LogP) is 2.86. The van der Waals surface area contributed by atoms with Crippen molar-refractivity contribution < 1.29 is 14.7 Å². The van der Waals surface area contributed by atoms with Gasteiger partial charge in [-0.15, -0.1) is 11.3 Å². The third kappa shape index (κ3) is 2.93. The van der Waals surface area contributed by atoms with Crippen molar-refractivity contribution >= 4 is 44.8 Å². The largest absolute Gasteiger partial charge is 0.477 e. The SMILES string of the molecule is O=C(Nc1ccnc(C(=O)O)c1)c1csc(Br)c1. The molecule has 0 saturated carbocycles. The van der Waals surface area contributed by atoms with Gasteiger partial charge in [-0.25, -0.2) is 9.78 Å². The number of aromatic nitrogens is 1. The minimum Gasteiger partial charge on any atom is -0.477 e. The Morgan fingerprint density at radius 1 is 1.39 bits per heavy atom. The Kier molecular flexibility index (Phi) is 3.73. The van der Waals surface area contributed by atoms with Crippen LogP contribution in [0.25, 0.3) is 0 Å². The van der Waals surface area contributed by atoms with Crippen LogP contribution in [0.4, 0.5) is 5.69 Å². The van der Waals surface area contributed by atoms with Crippen LogP contribution in [0, 0.1) is 0 Å². The Labute approximate surface area is 115 Å². The standard InChI is InChI=1S/C11H7BrN2O3S/c12-9-3-6(5-18-9)10(15)14-7-1-2-13-8(4-7)11(16)17/h1-5H,(H,16,17)(H,13,14,15). The van der Waals surface area contributed by atoms with Gasteiger partial charge in [-0.1, -0.05) is 0 Å². The molecular formula is C11H7BrN2O3S. The molecule has 0 aliphatic rings. The maximum atomic E-state index is 11.8. The molecule has 7 heteroatoms. The van der Waals surface area contributed by atoms with Crippen LogP contribution in [0.15, 0.2) is 33.6 Å². The second-order valence-electron chi connectivity index (χ2n) is 3.33. The predicted molar refractivity (Wildman–Crippen MR) is 71.2 cm³/mol. The van der Waals surface area contributed by atoms with Crippen molar-refractivity contribution in [3.8, 4) is 0 Å². The smallest absolute Gasteiger partial charge is 0.354 e. The van der Waals surface area contributed by atoms with Crippen molar-refractivity contribution in [2.45, 2.75) is 0 Å². The molecule has 0 saturated heterocycles. The van der Waals surface area contributed by atoms with Crippen LogP contribution in [0.2, 0.25) is 0 Å². The van der Waals surface area contributed by atoms with Crippen LogP contribution in [0.5, 0.6) is 0 Å². The summed E-state index contributed by atoms with van der Waals surface area (Å²) in [4.78, 5) is 26.2. The lowest BCUT2D eigenvalue weighted by Crippen LogP contribution is -2.11. The first kappa shape index (κ1) is 12.7. The van der Waals surface area contributed by atoms with Crippen LogP contribution in [-0.2, 0) is 0 Å². The molecule has 2 N–H and O–H groups in total. The highest BCUT2D eigenvalue weighted by molar-refractivity contribution is 9.11. The van der Waals surface area contributed by atoms with E-state index in [4.69, 9.17) is 5.11 Å². The highest BCUT2D eigenvalue weighted by atomic mass is 79.9. The molecule has 0 radical (unpaired) electrons. The van der Waals surface area contributed by atoms with Crippen LogP contribution in [-0.4, -0.2) is 22.0 Å². The Morgan fingerprint density at radius 3 is 2.78 bits per heavy atom. The minimum atomic E-state index is -1.13. The summed E-state index contributed by atoms with van der Waals surface area (Å²) in [6.07, 6.45) is 1.34. The van der Waals surface area contributed by atoms with Gasteiger partial charge in [0.25, 0.3) is 5.91 Å². The molecule has 0 aliphatic carbocycles. The first-order valence-corrected chi connectivity index (χ1v) is 6.48. The van der Waals surface area contributed by atoms with Gasteiger partial charge in [0.15, 0.2) is 0 Å².